The van der Waals surface area contributed by atoms with Crippen LogP contribution in [0.4, 0.5) is 5.69 Å². The van der Waals surface area contributed by atoms with E-state index in [1.165, 1.54) is 41.5 Å². The van der Waals surface area contributed by atoms with E-state index >= 15 is 0 Å². The first-order valence-electron chi connectivity index (χ1n) is 9.76. The van der Waals surface area contributed by atoms with Gasteiger partial charge in [-0.05, 0) is 55.8 Å². The van der Waals surface area contributed by atoms with E-state index in [0.29, 0.717) is 18.7 Å². The normalized spacial score (nSPS) is 19.7. The van der Waals surface area contributed by atoms with Crippen LogP contribution < -0.4 is 0 Å². The minimum absolute atomic E-state index is 0.0117. The molecule has 30 heavy (non-hydrogen) atoms. The van der Waals surface area contributed by atoms with Crippen LogP contribution >= 0.6 is 0 Å². The van der Waals surface area contributed by atoms with E-state index < -0.39 is 28.4 Å². The van der Waals surface area contributed by atoms with Gasteiger partial charge in [-0.3, -0.25) is 19.7 Å². The molecule has 4 rings (SSSR count). The van der Waals surface area contributed by atoms with Crippen molar-refractivity contribution in [1.82, 2.24) is 9.80 Å². The molecule has 1 aromatic heterocycles. The van der Waals surface area contributed by atoms with Gasteiger partial charge >= 0.3 is 0 Å². The Labute approximate surface area is 172 Å². The lowest BCUT2D eigenvalue weighted by molar-refractivity contribution is -0.384. The molecule has 0 spiro atoms. The highest BCUT2D eigenvalue weighted by molar-refractivity contribution is 6.15. The maximum Gasteiger partial charge on any atom is 0.290 e. The summed E-state index contributed by atoms with van der Waals surface area (Å²) in [5, 5.41) is 21.6. The Balaban J connectivity index is 1.69. The smallest absolute Gasteiger partial charge is 0.290 e. The van der Waals surface area contributed by atoms with Crippen LogP contribution in [0.5, 0.6) is 0 Å². The number of carbonyl (C=O) groups excluding carboxylic acids is 2. The van der Waals surface area contributed by atoms with Gasteiger partial charge in [0.05, 0.1) is 22.8 Å². The number of hydrogen-bond donors (Lipinski definition) is 1. The summed E-state index contributed by atoms with van der Waals surface area (Å²) >= 11 is 0. The summed E-state index contributed by atoms with van der Waals surface area (Å²) in [6.45, 7) is 2.83. The van der Waals surface area contributed by atoms with Crippen molar-refractivity contribution < 1.29 is 24.0 Å². The molecular weight excluding hydrogens is 390 g/mol. The Hall–Kier alpha value is -3.46. The van der Waals surface area contributed by atoms with Crippen molar-refractivity contribution in [3.05, 3.63) is 75.4 Å². The molecule has 1 aromatic carbocycles. The number of nitrogens with zero attached hydrogens (tertiary/aromatic N) is 3. The predicted octanol–water partition coefficient (Wildman–Crippen LogP) is 2.86. The summed E-state index contributed by atoms with van der Waals surface area (Å²) in [5.41, 5.74) is 0.332. The number of carbonyl (C=O) groups is 2. The number of amides is 1. The number of nitro benzene ring substituents is 1. The molecule has 1 atom stereocenters. The number of rotatable bonds is 7. The number of ketones is 1. The number of benzene rings is 1. The zero-order valence-corrected chi connectivity index (χ0v) is 16.2. The average Bonchev–Trinajstić information content (AvgIpc) is 3.49. The van der Waals surface area contributed by atoms with Gasteiger partial charge in [0.15, 0.2) is 11.5 Å². The summed E-state index contributed by atoms with van der Waals surface area (Å²) in [6.07, 6.45) is 3.55. The van der Waals surface area contributed by atoms with Gasteiger partial charge in [-0.15, -0.1) is 0 Å². The van der Waals surface area contributed by atoms with E-state index in [0.717, 1.165) is 25.9 Å². The van der Waals surface area contributed by atoms with Crippen LogP contribution in [0.15, 0.2) is 58.4 Å². The third kappa shape index (κ3) is 3.59. The lowest BCUT2D eigenvalue weighted by Crippen LogP contribution is -2.37. The van der Waals surface area contributed by atoms with E-state index in [1.807, 2.05) is 0 Å². The lowest BCUT2D eigenvalue weighted by atomic mass is 9.95. The zero-order valence-electron chi connectivity index (χ0n) is 16.2. The molecule has 0 saturated carbocycles. The summed E-state index contributed by atoms with van der Waals surface area (Å²) in [4.78, 5) is 40.0. The van der Waals surface area contributed by atoms with Crippen LogP contribution in [0.1, 0.15) is 35.0 Å². The number of Topliss-reactive ketones (excluding diaryl/α,β-unsaturated/α-hetero) is 1. The third-order valence-corrected chi connectivity index (χ3v) is 5.57. The first kappa shape index (κ1) is 19.8. The quantitative estimate of drug-likeness (QED) is 0.423. The molecule has 0 radical (unpaired) electrons. The summed E-state index contributed by atoms with van der Waals surface area (Å²) < 4.78 is 5.18. The molecule has 1 N–H and O–H groups in total. The molecule has 1 unspecified atom stereocenters. The molecule has 2 aliphatic heterocycles. The Morgan fingerprint density at radius 2 is 1.87 bits per heavy atom. The fourth-order valence-corrected chi connectivity index (χ4v) is 4.04. The average molecular weight is 411 g/mol. The molecule has 9 nitrogen and oxygen atoms in total. The van der Waals surface area contributed by atoms with Crippen molar-refractivity contribution in [2.45, 2.75) is 18.9 Å². The van der Waals surface area contributed by atoms with E-state index in [2.05, 4.69) is 4.90 Å². The van der Waals surface area contributed by atoms with E-state index in [-0.39, 0.29) is 17.0 Å². The largest absolute Gasteiger partial charge is 0.503 e. The summed E-state index contributed by atoms with van der Waals surface area (Å²) in [6, 6.07) is 7.82. The van der Waals surface area contributed by atoms with Crippen LogP contribution in [0.25, 0.3) is 0 Å². The van der Waals surface area contributed by atoms with Crippen LogP contribution in [0.2, 0.25) is 0 Å². The molecule has 3 heterocycles. The second kappa shape index (κ2) is 8.11. The van der Waals surface area contributed by atoms with Gasteiger partial charge in [0.2, 0.25) is 5.78 Å². The first-order chi connectivity index (χ1) is 14.5. The fraction of sp³-hybridized carbons (Fsp3) is 0.333. The molecule has 1 fully saturated rings. The number of furan rings is 1. The van der Waals surface area contributed by atoms with E-state index in [9.17, 15) is 24.8 Å². The molecule has 2 aliphatic rings. The third-order valence-electron chi connectivity index (χ3n) is 5.57. The molecule has 0 bridgehead atoms. The van der Waals surface area contributed by atoms with Crippen LogP contribution in [0.3, 0.4) is 0 Å². The van der Waals surface area contributed by atoms with Gasteiger partial charge in [-0.25, -0.2) is 0 Å². The number of likely N-dealkylation sites (tertiary alicyclic amines) is 1. The minimum Gasteiger partial charge on any atom is -0.503 e. The number of aliphatic hydroxyl groups is 1. The van der Waals surface area contributed by atoms with Crippen LogP contribution in [-0.4, -0.2) is 57.7 Å². The molecule has 0 aliphatic carbocycles. The van der Waals surface area contributed by atoms with E-state index in [1.54, 1.807) is 6.07 Å². The van der Waals surface area contributed by atoms with Crippen molar-refractivity contribution >= 4 is 17.4 Å². The predicted molar refractivity (Wildman–Crippen MR) is 106 cm³/mol. The van der Waals surface area contributed by atoms with Crippen molar-refractivity contribution in [2.24, 2.45) is 0 Å². The monoisotopic (exact) mass is 411 g/mol. The number of non-ortho nitro benzene ring substituents is 1. The SMILES string of the molecule is O=C(C1=C(O)C(=O)N(CCN2CCCC2)C1c1ccc([N+](=O)[O-])cc1)c1ccco1. The van der Waals surface area contributed by atoms with Gasteiger partial charge < -0.3 is 19.3 Å². The standard InChI is InChI=1S/C21H21N3O6/c25-19(16-4-3-13-30-16)17-18(14-5-7-15(8-6-14)24(28)29)23(21(27)20(17)26)12-11-22-9-1-2-10-22/h3-8,13,18,26H,1-2,9-12H2. The lowest BCUT2D eigenvalue weighted by Gasteiger charge is -2.28. The molecular formula is C21H21N3O6. The van der Waals surface area contributed by atoms with Gasteiger partial charge in [-0.1, -0.05) is 0 Å². The Morgan fingerprint density at radius 3 is 2.47 bits per heavy atom. The van der Waals surface area contributed by atoms with E-state index in [4.69, 9.17) is 4.42 Å². The zero-order chi connectivity index (χ0) is 21.3. The molecule has 156 valence electrons. The van der Waals surface area contributed by atoms with Crippen molar-refractivity contribution in [3.8, 4) is 0 Å². The minimum atomic E-state index is -0.849. The summed E-state index contributed by atoms with van der Waals surface area (Å²) in [7, 11) is 0. The maximum atomic E-state index is 13.0. The van der Waals surface area contributed by atoms with Gasteiger partial charge in [0, 0.05) is 25.2 Å². The number of hydrogen-bond acceptors (Lipinski definition) is 7. The van der Waals surface area contributed by atoms with Gasteiger partial charge in [0.25, 0.3) is 11.6 Å². The van der Waals surface area contributed by atoms with Crippen molar-refractivity contribution in [3.63, 3.8) is 0 Å². The molecule has 1 amide bonds. The maximum absolute atomic E-state index is 13.0. The molecule has 2 aromatic rings. The van der Waals surface area contributed by atoms with Gasteiger partial charge in [-0.2, -0.15) is 0 Å². The molecule has 9 heteroatoms. The fourth-order valence-electron chi connectivity index (χ4n) is 4.04. The molecule has 1 saturated heterocycles. The van der Waals surface area contributed by atoms with Crippen molar-refractivity contribution in [1.29, 1.82) is 0 Å². The number of nitro groups is 1. The van der Waals surface area contributed by atoms with Gasteiger partial charge in [0.1, 0.15) is 0 Å². The number of aliphatic hydroxyl groups excluding tert-OH is 1. The van der Waals surface area contributed by atoms with Crippen LogP contribution in [0, 0.1) is 10.1 Å². The Bertz CT molecular complexity index is 990. The Morgan fingerprint density at radius 1 is 1.17 bits per heavy atom. The highest BCUT2D eigenvalue weighted by atomic mass is 16.6. The second-order valence-electron chi connectivity index (χ2n) is 7.37. The van der Waals surface area contributed by atoms with Crippen molar-refractivity contribution in [2.75, 3.05) is 26.2 Å². The highest BCUT2D eigenvalue weighted by Gasteiger charge is 2.44. The summed E-state index contributed by atoms with van der Waals surface area (Å²) in [5.74, 6) is -1.82. The highest BCUT2D eigenvalue weighted by Crippen LogP contribution is 2.39. The second-order valence-corrected chi connectivity index (χ2v) is 7.37. The van der Waals surface area contributed by atoms with Crippen LogP contribution in [-0.2, 0) is 4.79 Å². The Kier molecular flexibility index (Phi) is 5.37. The first-order valence-corrected chi connectivity index (χ1v) is 9.76. The topological polar surface area (TPSA) is 117 Å².